The van der Waals surface area contributed by atoms with Crippen molar-refractivity contribution in [2.24, 2.45) is 0 Å². The van der Waals surface area contributed by atoms with E-state index < -0.39 is 0 Å². The number of rotatable bonds is 1. The number of ether oxygens (including phenoxy) is 1. The quantitative estimate of drug-likeness (QED) is 0.537. The van der Waals surface area contributed by atoms with Crippen molar-refractivity contribution >= 4 is 10.9 Å². The maximum atomic E-state index is 12.7. The summed E-state index contributed by atoms with van der Waals surface area (Å²) in [6, 6.07) is 10.0. The van der Waals surface area contributed by atoms with Gasteiger partial charge in [0.05, 0.1) is 11.2 Å². The smallest absolute Gasteiger partial charge is 0.269 e. The topological polar surface area (TPSA) is 67.7 Å². The van der Waals surface area contributed by atoms with Crippen LogP contribution in [-0.4, -0.2) is 14.7 Å². The predicted molar refractivity (Wildman–Crippen MR) is 73.8 cm³/mol. The van der Waals surface area contributed by atoms with Gasteiger partial charge < -0.3 is 9.84 Å². The summed E-state index contributed by atoms with van der Waals surface area (Å²) in [5.41, 5.74) is 1.14. The van der Waals surface area contributed by atoms with E-state index >= 15 is 0 Å². The lowest BCUT2D eigenvalue weighted by molar-refractivity contribution is 0.475. The molecule has 0 saturated carbocycles. The first-order valence-corrected chi connectivity index (χ1v) is 6.19. The number of hydrogen-bond donors (Lipinski definition) is 1. The van der Waals surface area contributed by atoms with Crippen LogP contribution in [0.5, 0.6) is 17.2 Å². The second-order valence-electron chi connectivity index (χ2n) is 4.70. The number of benzene rings is 2. The van der Waals surface area contributed by atoms with Crippen LogP contribution in [0.15, 0.2) is 41.2 Å². The second kappa shape index (κ2) is 3.60. The van der Waals surface area contributed by atoms with E-state index in [1.165, 1.54) is 4.57 Å². The Morgan fingerprint density at radius 3 is 2.65 bits per heavy atom. The standard InChI is InChI=1S/C15H10N2O3/c1-8-16-11-6-7-12-14(20-12)13(11)15(19)17(8)9-2-4-10(18)5-3-9/h2-7,18H,1H3. The number of hydrogen-bond acceptors (Lipinski definition) is 4. The molecule has 1 N–H and O–H groups in total. The Bertz CT molecular complexity index is 911. The minimum atomic E-state index is -0.160. The van der Waals surface area contributed by atoms with Crippen LogP contribution in [-0.2, 0) is 0 Å². The molecular formula is C15H10N2O3. The molecule has 0 saturated heterocycles. The van der Waals surface area contributed by atoms with Crippen LogP contribution in [0, 0.1) is 6.92 Å². The fourth-order valence-electron chi connectivity index (χ4n) is 2.41. The maximum absolute atomic E-state index is 12.7. The van der Waals surface area contributed by atoms with Crippen LogP contribution < -0.4 is 10.3 Å². The fourth-order valence-corrected chi connectivity index (χ4v) is 2.41. The molecule has 20 heavy (non-hydrogen) atoms. The molecule has 3 aromatic rings. The predicted octanol–water partition coefficient (Wildman–Crippen LogP) is 2.51. The molecule has 0 aliphatic carbocycles. The van der Waals surface area contributed by atoms with E-state index in [0.717, 1.165) is 5.75 Å². The van der Waals surface area contributed by atoms with Gasteiger partial charge in [0.1, 0.15) is 17.0 Å². The van der Waals surface area contributed by atoms with E-state index in [9.17, 15) is 9.90 Å². The van der Waals surface area contributed by atoms with Gasteiger partial charge in [-0.3, -0.25) is 9.36 Å². The molecule has 0 unspecified atom stereocenters. The van der Waals surface area contributed by atoms with Gasteiger partial charge in [-0.15, -0.1) is 0 Å². The molecule has 0 amide bonds. The molecule has 4 rings (SSSR count). The number of fused-ring (bicyclic) bond motifs is 3. The third kappa shape index (κ3) is 1.43. The molecular weight excluding hydrogens is 256 g/mol. The van der Waals surface area contributed by atoms with Crippen molar-refractivity contribution < 1.29 is 9.84 Å². The average molecular weight is 266 g/mol. The maximum Gasteiger partial charge on any atom is 0.269 e. The number of aromatic hydroxyl groups is 1. The third-order valence-corrected chi connectivity index (χ3v) is 3.40. The minimum Gasteiger partial charge on any atom is -0.508 e. The van der Waals surface area contributed by atoms with Crippen molar-refractivity contribution in [2.75, 3.05) is 0 Å². The molecule has 2 heterocycles. The van der Waals surface area contributed by atoms with Gasteiger partial charge in [-0.05, 0) is 43.3 Å². The van der Waals surface area contributed by atoms with Gasteiger partial charge in [0, 0.05) is 0 Å². The van der Waals surface area contributed by atoms with Gasteiger partial charge in [0.25, 0.3) is 5.56 Å². The molecule has 98 valence electrons. The molecule has 0 atom stereocenters. The Hall–Kier alpha value is -2.82. The van der Waals surface area contributed by atoms with E-state index in [0.29, 0.717) is 28.2 Å². The summed E-state index contributed by atoms with van der Waals surface area (Å²) in [7, 11) is 0. The number of phenolic OH excluding ortho intramolecular Hbond substituents is 1. The first-order valence-electron chi connectivity index (χ1n) is 6.19. The fraction of sp³-hybridized carbons (Fsp3) is 0.0667. The van der Waals surface area contributed by atoms with Gasteiger partial charge in [0.2, 0.25) is 0 Å². The minimum absolute atomic E-state index is 0.156. The molecule has 2 aromatic carbocycles. The number of phenols is 1. The molecule has 1 aliphatic heterocycles. The molecule has 0 spiro atoms. The van der Waals surface area contributed by atoms with E-state index in [4.69, 9.17) is 4.74 Å². The molecule has 5 nitrogen and oxygen atoms in total. The number of aryl methyl sites for hydroxylation is 1. The molecule has 1 aliphatic rings. The van der Waals surface area contributed by atoms with E-state index in [1.54, 1.807) is 37.3 Å². The third-order valence-electron chi connectivity index (χ3n) is 3.40. The van der Waals surface area contributed by atoms with Crippen molar-refractivity contribution in [1.82, 2.24) is 9.55 Å². The van der Waals surface area contributed by atoms with Gasteiger partial charge in [-0.1, -0.05) is 0 Å². The second-order valence-corrected chi connectivity index (χ2v) is 4.70. The molecule has 1 aromatic heterocycles. The van der Waals surface area contributed by atoms with Gasteiger partial charge in [-0.2, -0.15) is 0 Å². The zero-order valence-corrected chi connectivity index (χ0v) is 10.6. The summed E-state index contributed by atoms with van der Waals surface area (Å²) >= 11 is 0. The van der Waals surface area contributed by atoms with Crippen molar-refractivity contribution in [3.05, 3.63) is 52.6 Å². The zero-order chi connectivity index (χ0) is 13.9. The Balaban J connectivity index is 2.08. The highest BCUT2D eigenvalue weighted by molar-refractivity contribution is 5.91. The molecule has 0 bridgehead atoms. The molecule has 0 radical (unpaired) electrons. The van der Waals surface area contributed by atoms with Crippen molar-refractivity contribution in [1.29, 1.82) is 0 Å². The Morgan fingerprint density at radius 2 is 1.90 bits per heavy atom. The van der Waals surface area contributed by atoms with Crippen LogP contribution in [0.4, 0.5) is 0 Å². The van der Waals surface area contributed by atoms with Gasteiger partial charge >= 0.3 is 0 Å². The SMILES string of the molecule is Cc1nc2ccc3c(c2c(=O)n1-c1ccc(O)cc1)O3. The van der Waals surface area contributed by atoms with E-state index in [-0.39, 0.29) is 11.3 Å². The Labute approximate surface area is 113 Å². The summed E-state index contributed by atoms with van der Waals surface area (Å²) in [4.78, 5) is 17.1. The lowest BCUT2D eigenvalue weighted by Crippen LogP contribution is -2.21. The molecule has 0 fully saturated rings. The Morgan fingerprint density at radius 1 is 1.15 bits per heavy atom. The normalized spacial score (nSPS) is 12.1. The first-order chi connectivity index (χ1) is 9.65. The van der Waals surface area contributed by atoms with Crippen LogP contribution >= 0.6 is 0 Å². The summed E-state index contributed by atoms with van der Waals surface area (Å²) < 4.78 is 6.81. The molecule has 5 heteroatoms. The van der Waals surface area contributed by atoms with Gasteiger partial charge in [-0.25, -0.2) is 4.98 Å². The van der Waals surface area contributed by atoms with Gasteiger partial charge in [0.15, 0.2) is 11.5 Å². The first kappa shape index (κ1) is 11.0. The van der Waals surface area contributed by atoms with Crippen LogP contribution in [0.25, 0.3) is 16.6 Å². The summed E-state index contributed by atoms with van der Waals surface area (Å²) in [6.45, 7) is 1.78. The van der Waals surface area contributed by atoms with Crippen LogP contribution in [0.2, 0.25) is 0 Å². The highest BCUT2D eigenvalue weighted by Crippen LogP contribution is 2.48. The lowest BCUT2D eigenvalue weighted by atomic mass is 10.2. The van der Waals surface area contributed by atoms with Crippen LogP contribution in [0.1, 0.15) is 5.82 Å². The largest absolute Gasteiger partial charge is 0.508 e. The van der Waals surface area contributed by atoms with Crippen molar-refractivity contribution in [2.45, 2.75) is 6.92 Å². The summed E-state index contributed by atoms with van der Waals surface area (Å²) in [6.07, 6.45) is 0. The monoisotopic (exact) mass is 266 g/mol. The van der Waals surface area contributed by atoms with E-state index in [1.807, 2.05) is 6.07 Å². The number of nitrogens with zero attached hydrogens (tertiary/aromatic N) is 2. The Kier molecular flexibility index (Phi) is 1.99. The zero-order valence-electron chi connectivity index (χ0n) is 10.6. The summed E-state index contributed by atoms with van der Waals surface area (Å²) in [5.74, 6) is 2.10. The van der Waals surface area contributed by atoms with Crippen LogP contribution in [0.3, 0.4) is 0 Å². The summed E-state index contributed by atoms with van der Waals surface area (Å²) in [5, 5.41) is 9.84. The van der Waals surface area contributed by atoms with Crippen molar-refractivity contribution in [3.63, 3.8) is 0 Å². The average Bonchev–Trinajstić information content (AvgIpc) is 3.19. The number of aromatic nitrogens is 2. The van der Waals surface area contributed by atoms with Crippen molar-refractivity contribution in [3.8, 4) is 22.9 Å². The highest BCUT2D eigenvalue weighted by atomic mass is 16.6. The highest BCUT2D eigenvalue weighted by Gasteiger charge is 2.27. The van der Waals surface area contributed by atoms with E-state index in [2.05, 4.69) is 4.98 Å². The lowest BCUT2D eigenvalue weighted by Gasteiger charge is -2.10.